The van der Waals surface area contributed by atoms with Gasteiger partial charge in [0.2, 0.25) is 11.8 Å². The van der Waals surface area contributed by atoms with Crippen molar-refractivity contribution in [1.82, 2.24) is 4.90 Å². The molecule has 0 aromatic carbocycles. The molecule has 84 valence electrons. The Morgan fingerprint density at radius 2 is 1.67 bits per heavy atom. The second-order valence-electron chi connectivity index (χ2n) is 4.90. The second kappa shape index (κ2) is 4.13. The van der Waals surface area contributed by atoms with Gasteiger partial charge in [-0.1, -0.05) is 20.8 Å². The molecule has 0 aromatic heterocycles. The lowest BCUT2D eigenvalue weighted by atomic mass is 9.90. The van der Waals surface area contributed by atoms with Crippen LogP contribution in [0.25, 0.3) is 0 Å². The molecule has 15 heavy (non-hydrogen) atoms. The van der Waals surface area contributed by atoms with Crippen molar-refractivity contribution in [3.05, 3.63) is 0 Å². The maximum atomic E-state index is 11.7. The first-order valence-electron chi connectivity index (χ1n) is 5.19. The molecule has 0 bridgehead atoms. The zero-order valence-electron chi connectivity index (χ0n) is 9.50. The fraction of sp³-hybridized carbons (Fsp3) is 0.727. The van der Waals surface area contributed by atoms with Crippen LogP contribution in [0.3, 0.4) is 0 Å². The molecule has 2 amide bonds. The number of amides is 2. The normalized spacial score (nSPS) is 18.2. The fourth-order valence-corrected chi connectivity index (χ4v) is 1.36. The highest BCUT2D eigenvalue weighted by Gasteiger charge is 2.31. The lowest BCUT2D eigenvalue weighted by molar-refractivity contribution is -0.151. The lowest BCUT2D eigenvalue weighted by Crippen LogP contribution is -2.45. The number of Topliss-reactive ketones (excluding diaryl/α,β-unsaturated/α-hetero) is 1. The topological polar surface area (TPSA) is 54.5 Å². The Balaban J connectivity index is 2.68. The molecule has 0 radical (unpaired) electrons. The molecule has 1 fully saturated rings. The van der Waals surface area contributed by atoms with E-state index in [1.165, 1.54) is 0 Å². The number of ketones is 1. The summed E-state index contributed by atoms with van der Waals surface area (Å²) in [5, 5.41) is 0. The van der Waals surface area contributed by atoms with E-state index >= 15 is 0 Å². The van der Waals surface area contributed by atoms with Gasteiger partial charge in [0, 0.05) is 18.3 Å². The zero-order valence-corrected chi connectivity index (χ0v) is 9.50. The average Bonchev–Trinajstić information content (AvgIpc) is 2.09. The van der Waals surface area contributed by atoms with E-state index in [1.54, 1.807) is 20.8 Å². The van der Waals surface area contributed by atoms with Crippen LogP contribution in [-0.2, 0) is 14.4 Å². The van der Waals surface area contributed by atoms with Crippen LogP contribution >= 0.6 is 0 Å². The molecule has 0 saturated carbocycles. The Kier molecular flexibility index (Phi) is 3.27. The number of imide groups is 1. The molecule has 4 heteroatoms. The number of carbonyl (C=O) groups excluding carboxylic acids is 3. The van der Waals surface area contributed by atoms with Gasteiger partial charge < -0.3 is 0 Å². The summed E-state index contributed by atoms with van der Waals surface area (Å²) in [6.07, 6.45) is 1.37. The van der Waals surface area contributed by atoms with Gasteiger partial charge in [0.05, 0.1) is 6.54 Å². The number of nitrogens with zero attached hydrogens (tertiary/aromatic N) is 1. The number of hydrogen-bond acceptors (Lipinski definition) is 3. The zero-order chi connectivity index (χ0) is 11.6. The molecule has 0 atom stereocenters. The molecule has 1 rings (SSSR count). The SMILES string of the molecule is CC(C)(C)C(=O)CN1C(=O)CCCC1=O. The van der Waals surface area contributed by atoms with Gasteiger partial charge in [0.1, 0.15) is 0 Å². The molecular weight excluding hydrogens is 194 g/mol. The van der Waals surface area contributed by atoms with Crippen LogP contribution in [0.2, 0.25) is 0 Å². The number of hydrogen-bond donors (Lipinski definition) is 0. The van der Waals surface area contributed by atoms with E-state index < -0.39 is 5.41 Å². The summed E-state index contributed by atoms with van der Waals surface area (Å²) in [5.74, 6) is -0.515. The molecule has 0 unspecified atom stereocenters. The quantitative estimate of drug-likeness (QED) is 0.643. The average molecular weight is 211 g/mol. The molecule has 1 aliphatic heterocycles. The van der Waals surface area contributed by atoms with E-state index in [0.717, 1.165) is 4.90 Å². The van der Waals surface area contributed by atoms with Crippen LogP contribution < -0.4 is 0 Å². The fourth-order valence-electron chi connectivity index (χ4n) is 1.36. The largest absolute Gasteiger partial charge is 0.297 e. The van der Waals surface area contributed by atoms with Crippen molar-refractivity contribution in [2.24, 2.45) is 5.41 Å². The molecular formula is C11H17NO3. The number of carbonyl (C=O) groups is 3. The van der Waals surface area contributed by atoms with Crippen LogP contribution in [-0.4, -0.2) is 29.0 Å². The predicted octanol–water partition coefficient (Wildman–Crippen LogP) is 1.14. The van der Waals surface area contributed by atoms with E-state index in [1.807, 2.05) is 0 Å². The molecule has 1 aliphatic rings. The van der Waals surface area contributed by atoms with Crippen LogP contribution in [0.1, 0.15) is 40.0 Å². The van der Waals surface area contributed by atoms with Gasteiger partial charge in [-0.3, -0.25) is 19.3 Å². The van der Waals surface area contributed by atoms with Gasteiger partial charge in [-0.2, -0.15) is 0 Å². The molecule has 0 N–H and O–H groups in total. The molecule has 1 saturated heterocycles. The predicted molar refractivity (Wildman–Crippen MR) is 55.0 cm³/mol. The van der Waals surface area contributed by atoms with Gasteiger partial charge in [-0.05, 0) is 6.42 Å². The minimum atomic E-state index is -0.502. The van der Waals surface area contributed by atoms with Gasteiger partial charge in [0.25, 0.3) is 0 Å². The summed E-state index contributed by atoms with van der Waals surface area (Å²) in [6.45, 7) is 5.29. The van der Waals surface area contributed by atoms with E-state index in [2.05, 4.69) is 0 Å². The first-order chi connectivity index (χ1) is 6.82. The Morgan fingerprint density at radius 3 is 2.07 bits per heavy atom. The summed E-state index contributed by atoms with van der Waals surface area (Å²) in [6, 6.07) is 0. The van der Waals surface area contributed by atoms with Crippen molar-refractivity contribution >= 4 is 17.6 Å². The first-order valence-corrected chi connectivity index (χ1v) is 5.19. The van der Waals surface area contributed by atoms with Crippen molar-refractivity contribution in [2.75, 3.05) is 6.54 Å². The Bertz CT molecular complexity index is 285. The van der Waals surface area contributed by atoms with Gasteiger partial charge >= 0.3 is 0 Å². The van der Waals surface area contributed by atoms with E-state index in [4.69, 9.17) is 0 Å². The highest BCUT2D eigenvalue weighted by atomic mass is 16.2. The van der Waals surface area contributed by atoms with E-state index in [-0.39, 0.29) is 24.1 Å². The third-order valence-electron chi connectivity index (χ3n) is 2.52. The number of rotatable bonds is 2. The first kappa shape index (κ1) is 11.9. The number of likely N-dealkylation sites (tertiary alicyclic amines) is 1. The molecule has 0 spiro atoms. The third kappa shape index (κ3) is 2.88. The Morgan fingerprint density at radius 1 is 1.20 bits per heavy atom. The van der Waals surface area contributed by atoms with Gasteiger partial charge in [-0.25, -0.2) is 0 Å². The summed E-state index contributed by atoms with van der Waals surface area (Å²) in [4.78, 5) is 35.6. The minimum absolute atomic E-state index is 0.0683. The summed E-state index contributed by atoms with van der Waals surface area (Å²) in [5.41, 5.74) is -0.502. The summed E-state index contributed by atoms with van der Waals surface area (Å²) < 4.78 is 0. The monoisotopic (exact) mass is 211 g/mol. The van der Waals surface area contributed by atoms with Gasteiger partial charge in [0.15, 0.2) is 5.78 Å². The van der Waals surface area contributed by atoms with E-state index in [9.17, 15) is 14.4 Å². The smallest absolute Gasteiger partial charge is 0.229 e. The Labute approximate surface area is 89.6 Å². The van der Waals surface area contributed by atoms with Crippen molar-refractivity contribution in [1.29, 1.82) is 0 Å². The van der Waals surface area contributed by atoms with Crippen molar-refractivity contribution in [3.8, 4) is 0 Å². The molecule has 4 nitrogen and oxygen atoms in total. The van der Waals surface area contributed by atoms with Crippen molar-refractivity contribution in [3.63, 3.8) is 0 Å². The summed E-state index contributed by atoms with van der Waals surface area (Å²) in [7, 11) is 0. The highest BCUT2D eigenvalue weighted by Crippen LogP contribution is 2.18. The molecule has 0 aromatic rings. The molecule has 0 aliphatic carbocycles. The van der Waals surface area contributed by atoms with Crippen molar-refractivity contribution < 1.29 is 14.4 Å². The highest BCUT2D eigenvalue weighted by molar-refractivity contribution is 6.01. The number of piperidine rings is 1. The second-order valence-corrected chi connectivity index (χ2v) is 4.90. The standard InChI is InChI=1S/C11H17NO3/c1-11(2,3)8(13)7-12-9(14)5-4-6-10(12)15/h4-7H2,1-3H3. The van der Waals surface area contributed by atoms with Crippen LogP contribution in [0.4, 0.5) is 0 Å². The van der Waals surface area contributed by atoms with Crippen LogP contribution in [0.5, 0.6) is 0 Å². The maximum absolute atomic E-state index is 11.7. The van der Waals surface area contributed by atoms with E-state index in [0.29, 0.717) is 19.3 Å². The molecule has 1 heterocycles. The summed E-state index contributed by atoms with van der Waals surface area (Å²) >= 11 is 0. The van der Waals surface area contributed by atoms with Crippen LogP contribution in [0, 0.1) is 5.41 Å². The van der Waals surface area contributed by atoms with Gasteiger partial charge in [-0.15, -0.1) is 0 Å². The van der Waals surface area contributed by atoms with Crippen LogP contribution in [0.15, 0.2) is 0 Å². The lowest BCUT2D eigenvalue weighted by Gasteiger charge is -2.27. The Hall–Kier alpha value is -1.19. The van der Waals surface area contributed by atoms with Crippen molar-refractivity contribution in [2.45, 2.75) is 40.0 Å². The maximum Gasteiger partial charge on any atom is 0.229 e. The minimum Gasteiger partial charge on any atom is -0.297 e. The third-order valence-corrected chi connectivity index (χ3v) is 2.52.